The van der Waals surface area contributed by atoms with Gasteiger partial charge in [0.2, 0.25) is 0 Å². The Bertz CT molecular complexity index is 551. The molecule has 104 valence electrons. The van der Waals surface area contributed by atoms with E-state index in [1.54, 1.807) is 7.11 Å². The van der Waals surface area contributed by atoms with E-state index < -0.39 is 0 Å². The van der Waals surface area contributed by atoms with Crippen molar-refractivity contribution in [3.05, 3.63) is 77.3 Å². The third kappa shape index (κ3) is 3.86. The second-order valence-corrected chi connectivity index (χ2v) is 5.05. The van der Waals surface area contributed by atoms with Crippen LogP contribution in [0.25, 0.3) is 0 Å². The lowest BCUT2D eigenvalue weighted by Gasteiger charge is -2.20. The molecule has 0 bridgehead atoms. The van der Waals surface area contributed by atoms with Crippen molar-refractivity contribution < 1.29 is 4.74 Å². The van der Waals surface area contributed by atoms with Crippen molar-refractivity contribution in [2.45, 2.75) is 6.04 Å². The zero-order chi connectivity index (χ0) is 14.4. The van der Waals surface area contributed by atoms with Crippen molar-refractivity contribution >= 4 is 11.6 Å². The smallest absolute Gasteiger partial charge is 0.118 e. The average Bonchev–Trinajstić information content (AvgIpc) is 2.49. The van der Waals surface area contributed by atoms with E-state index in [1.807, 2.05) is 30.3 Å². The summed E-state index contributed by atoms with van der Waals surface area (Å²) in [6, 6.07) is 18.4. The maximum atomic E-state index is 5.87. The average molecular weight is 288 g/mol. The predicted molar refractivity (Wildman–Crippen MR) is 84.3 cm³/mol. The zero-order valence-corrected chi connectivity index (χ0v) is 12.2. The Balaban J connectivity index is 2.27. The van der Waals surface area contributed by atoms with Crippen LogP contribution in [0.15, 0.2) is 66.2 Å². The molecule has 0 radical (unpaired) electrons. The molecule has 2 aromatic carbocycles. The van der Waals surface area contributed by atoms with Crippen molar-refractivity contribution in [1.29, 1.82) is 0 Å². The van der Waals surface area contributed by atoms with Crippen molar-refractivity contribution in [3.63, 3.8) is 0 Å². The Morgan fingerprint density at radius 3 is 2.25 bits per heavy atom. The van der Waals surface area contributed by atoms with Gasteiger partial charge < -0.3 is 10.1 Å². The SMILES string of the molecule is C=C(Cl)CNC(c1ccccc1)c1ccc(OC)cc1. The number of hydrogen-bond acceptors (Lipinski definition) is 2. The van der Waals surface area contributed by atoms with E-state index in [1.165, 1.54) is 5.56 Å². The van der Waals surface area contributed by atoms with Gasteiger partial charge in [-0.05, 0) is 23.3 Å². The van der Waals surface area contributed by atoms with E-state index in [-0.39, 0.29) is 6.04 Å². The number of methoxy groups -OCH3 is 1. The molecule has 2 aromatic rings. The Hall–Kier alpha value is -1.77. The molecule has 2 nitrogen and oxygen atoms in total. The van der Waals surface area contributed by atoms with Gasteiger partial charge in [0.05, 0.1) is 13.2 Å². The summed E-state index contributed by atoms with van der Waals surface area (Å²) in [6.07, 6.45) is 0. The van der Waals surface area contributed by atoms with Gasteiger partial charge in [-0.1, -0.05) is 60.6 Å². The van der Waals surface area contributed by atoms with E-state index in [0.29, 0.717) is 11.6 Å². The zero-order valence-electron chi connectivity index (χ0n) is 11.5. The van der Waals surface area contributed by atoms with Crippen molar-refractivity contribution in [2.75, 3.05) is 13.7 Å². The molecular formula is C17H18ClNO. The van der Waals surface area contributed by atoms with Gasteiger partial charge in [0.15, 0.2) is 0 Å². The topological polar surface area (TPSA) is 21.3 Å². The van der Waals surface area contributed by atoms with E-state index in [4.69, 9.17) is 16.3 Å². The van der Waals surface area contributed by atoms with Crippen LogP contribution in [0.2, 0.25) is 0 Å². The third-order valence-electron chi connectivity index (χ3n) is 3.08. The first-order chi connectivity index (χ1) is 9.70. The predicted octanol–water partition coefficient (Wildman–Crippen LogP) is 4.13. The highest BCUT2D eigenvalue weighted by Gasteiger charge is 2.13. The lowest BCUT2D eigenvalue weighted by Crippen LogP contribution is -2.23. The van der Waals surface area contributed by atoms with Crippen LogP contribution < -0.4 is 10.1 Å². The minimum absolute atomic E-state index is 0.0811. The maximum Gasteiger partial charge on any atom is 0.118 e. The summed E-state index contributed by atoms with van der Waals surface area (Å²) >= 11 is 5.87. The number of nitrogens with one attached hydrogen (secondary N) is 1. The normalized spacial score (nSPS) is 11.9. The van der Waals surface area contributed by atoms with Gasteiger partial charge in [-0.3, -0.25) is 0 Å². The first-order valence-electron chi connectivity index (χ1n) is 6.46. The molecule has 0 heterocycles. The second kappa shape index (κ2) is 7.13. The lowest BCUT2D eigenvalue weighted by atomic mass is 9.98. The molecule has 2 rings (SSSR count). The minimum atomic E-state index is 0.0811. The Labute approximate surface area is 125 Å². The van der Waals surface area contributed by atoms with Gasteiger partial charge >= 0.3 is 0 Å². The lowest BCUT2D eigenvalue weighted by molar-refractivity contribution is 0.414. The van der Waals surface area contributed by atoms with Gasteiger partial charge in [0.25, 0.3) is 0 Å². The van der Waals surface area contributed by atoms with Crippen LogP contribution in [0, 0.1) is 0 Å². The fourth-order valence-corrected chi connectivity index (χ4v) is 2.16. The van der Waals surface area contributed by atoms with E-state index in [2.05, 4.69) is 36.2 Å². The summed E-state index contributed by atoms with van der Waals surface area (Å²) < 4.78 is 5.20. The van der Waals surface area contributed by atoms with Gasteiger partial charge in [-0.25, -0.2) is 0 Å². The minimum Gasteiger partial charge on any atom is -0.497 e. The fourth-order valence-electron chi connectivity index (χ4n) is 2.08. The summed E-state index contributed by atoms with van der Waals surface area (Å²) in [7, 11) is 1.67. The van der Waals surface area contributed by atoms with Crippen LogP contribution in [0.1, 0.15) is 17.2 Å². The van der Waals surface area contributed by atoms with Crippen LogP contribution >= 0.6 is 11.6 Å². The quantitative estimate of drug-likeness (QED) is 0.863. The number of hydrogen-bond donors (Lipinski definition) is 1. The highest BCUT2D eigenvalue weighted by atomic mass is 35.5. The second-order valence-electron chi connectivity index (χ2n) is 4.52. The molecule has 0 saturated heterocycles. The molecule has 0 amide bonds. The molecule has 0 aliphatic carbocycles. The molecule has 1 atom stereocenters. The Morgan fingerprint density at radius 1 is 1.10 bits per heavy atom. The van der Waals surface area contributed by atoms with Gasteiger partial charge in [-0.2, -0.15) is 0 Å². The van der Waals surface area contributed by atoms with E-state index in [0.717, 1.165) is 11.3 Å². The maximum absolute atomic E-state index is 5.87. The molecule has 0 aliphatic heterocycles. The third-order valence-corrected chi connectivity index (χ3v) is 3.21. The molecule has 0 aromatic heterocycles. The van der Waals surface area contributed by atoms with Crippen molar-refractivity contribution in [2.24, 2.45) is 0 Å². The number of halogens is 1. The van der Waals surface area contributed by atoms with Crippen molar-refractivity contribution in [3.8, 4) is 5.75 Å². The summed E-state index contributed by atoms with van der Waals surface area (Å²) in [6.45, 7) is 4.29. The van der Waals surface area contributed by atoms with Gasteiger partial charge in [0, 0.05) is 11.6 Å². The summed E-state index contributed by atoms with van der Waals surface area (Å²) in [5, 5.41) is 4.01. The Morgan fingerprint density at radius 2 is 1.70 bits per heavy atom. The first-order valence-corrected chi connectivity index (χ1v) is 6.84. The monoisotopic (exact) mass is 287 g/mol. The van der Waals surface area contributed by atoms with Gasteiger partial charge in [-0.15, -0.1) is 0 Å². The molecule has 0 fully saturated rings. The van der Waals surface area contributed by atoms with Gasteiger partial charge in [0.1, 0.15) is 5.75 Å². The molecule has 1 unspecified atom stereocenters. The summed E-state index contributed by atoms with van der Waals surface area (Å²) in [5.74, 6) is 0.849. The largest absolute Gasteiger partial charge is 0.497 e. The molecule has 20 heavy (non-hydrogen) atoms. The molecule has 3 heteroatoms. The standard InChI is InChI=1S/C17H18ClNO/c1-13(18)12-19-17(14-6-4-3-5-7-14)15-8-10-16(20-2)11-9-15/h3-11,17,19H,1,12H2,2H3. The van der Waals surface area contributed by atoms with Crippen LogP contribution in [0.3, 0.4) is 0 Å². The molecule has 0 saturated carbocycles. The van der Waals surface area contributed by atoms with Crippen LogP contribution in [-0.2, 0) is 0 Å². The van der Waals surface area contributed by atoms with Crippen LogP contribution in [-0.4, -0.2) is 13.7 Å². The van der Waals surface area contributed by atoms with Crippen LogP contribution in [0.4, 0.5) is 0 Å². The number of benzene rings is 2. The van der Waals surface area contributed by atoms with E-state index in [9.17, 15) is 0 Å². The number of ether oxygens (including phenoxy) is 1. The Kier molecular flexibility index (Phi) is 5.22. The fraction of sp³-hybridized carbons (Fsp3) is 0.176. The molecule has 0 spiro atoms. The highest BCUT2D eigenvalue weighted by molar-refractivity contribution is 6.29. The summed E-state index contributed by atoms with van der Waals surface area (Å²) in [4.78, 5) is 0. The molecule has 0 aliphatic rings. The number of rotatable bonds is 6. The summed E-state index contributed by atoms with van der Waals surface area (Å²) in [5.41, 5.74) is 2.35. The van der Waals surface area contributed by atoms with Crippen LogP contribution in [0.5, 0.6) is 5.75 Å². The van der Waals surface area contributed by atoms with Crippen molar-refractivity contribution in [1.82, 2.24) is 5.32 Å². The van der Waals surface area contributed by atoms with E-state index >= 15 is 0 Å². The molecule has 1 N–H and O–H groups in total. The first kappa shape index (κ1) is 14.6. The highest BCUT2D eigenvalue weighted by Crippen LogP contribution is 2.24. The molecular weight excluding hydrogens is 270 g/mol.